The van der Waals surface area contributed by atoms with E-state index in [2.05, 4.69) is 10.1 Å². The summed E-state index contributed by atoms with van der Waals surface area (Å²) in [5.74, 6) is 0.908. The standard InChI is InChI=1S/C15H19N3O2/c1-5-20-14(19)15(2,3)13-16-12(17-18(13)4)11-9-7-6-8-10-11/h6-10H,5H2,1-4H3. The lowest BCUT2D eigenvalue weighted by Gasteiger charge is -2.20. The Labute approximate surface area is 118 Å². The van der Waals surface area contributed by atoms with Crippen LogP contribution in [0.4, 0.5) is 0 Å². The third-order valence-corrected chi connectivity index (χ3v) is 3.14. The number of esters is 1. The number of aromatic nitrogens is 3. The van der Waals surface area contributed by atoms with Gasteiger partial charge >= 0.3 is 5.97 Å². The highest BCUT2D eigenvalue weighted by atomic mass is 16.5. The van der Waals surface area contributed by atoms with Crippen molar-refractivity contribution < 1.29 is 9.53 Å². The van der Waals surface area contributed by atoms with Crippen LogP contribution in [0, 0.1) is 0 Å². The number of benzene rings is 1. The van der Waals surface area contributed by atoms with Crippen molar-refractivity contribution in [1.82, 2.24) is 14.8 Å². The van der Waals surface area contributed by atoms with E-state index in [9.17, 15) is 4.79 Å². The van der Waals surface area contributed by atoms with Gasteiger partial charge in [-0.1, -0.05) is 30.3 Å². The first-order valence-corrected chi connectivity index (χ1v) is 6.61. The van der Waals surface area contributed by atoms with Crippen LogP contribution in [0.5, 0.6) is 0 Å². The fraction of sp³-hybridized carbons (Fsp3) is 0.400. The number of hydrogen-bond donors (Lipinski definition) is 0. The molecule has 2 rings (SSSR count). The van der Waals surface area contributed by atoms with E-state index in [4.69, 9.17) is 4.74 Å². The monoisotopic (exact) mass is 273 g/mol. The average Bonchev–Trinajstić information content (AvgIpc) is 2.83. The van der Waals surface area contributed by atoms with Gasteiger partial charge in [-0.25, -0.2) is 4.98 Å². The highest BCUT2D eigenvalue weighted by Crippen LogP contribution is 2.25. The van der Waals surface area contributed by atoms with Gasteiger partial charge in [-0.15, -0.1) is 0 Å². The highest BCUT2D eigenvalue weighted by molar-refractivity contribution is 5.81. The Hall–Kier alpha value is -2.17. The van der Waals surface area contributed by atoms with Crippen molar-refractivity contribution in [3.05, 3.63) is 36.2 Å². The second-order valence-corrected chi connectivity index (χ2v) is 5.09. The van der Waals surface area contributed by atoms with E-state index in [1.807, 2.05) is 30.3 Å². The molecule has 0 aliphatic heterocycles. The zero-order valence-electron chi connectivity index (χ0n) is 12.3. The SMILES string of the molecule is CCOC(=O)C(C)(C)c1nc(-c2ccccc2)nn1C. The van der Waals surface area contributed by atoms with Gasteiger partial charge in [-0.2, -0.15) is 5.10 Å². The predicted octanol–water partition coefficient (Wildman–Crippen LogP) is 2.32. The Balaban J connectivity index is 2.39. The molecule has 0 aliphatic rings. The maximum atomic E-state index is 12.1. The molecule has 0 radical (unpaired) electrons. The number of carbonyl (C=O) groups excluding carboxylic acids is 1. The topological polar surface area (TPSA) is 57.0 Å². The van der Waals surface area contributed by atoms with Crippen LogP contribution in [0.2, 0.25) is 0 Å². The Morgan fingerprint density at radius 1 is 1.30 bits per heavy atom. The molecule has 0 unspecified atom stereocenters. The molecule has 0 saturated heterocycles. The summed E-state index contributed by atoms with van der Waals surface area (Å²) >= 11 is 0. The summed E-state index contributed by atoms with van der Waals surface area (Å²) in [6.07, 6.45) is 0. The summed E-state index contributed by atoms with van der Waals surface area (Å²) in [6.45, 7) is 5.74. The molecule has 0 fully saturated rings. The van der Waals surface area contributed by atoms with Gasteiger partial charge in [0, 0.05) is 12.6 Å². The second kappa shape index (κ2) is 5.45. The molecule has 0 bridgehead atoms. The molecular weight excluding hydrogens is 254 g/mol. The van der Waals surface area contributed by atoms with Gasteiger partial charge in [0.15, 0.2) is 5.82 Å². The Morgan fingerprint density at radius 3 is 2.55 bits per heavy atom. The van der Waals surface area contributed by atoms with E-state index in [-0.39, 0.29) is 5.97 Å². The first kappa shape index (κ1) is 14.2. The number of nitrogens with zero attached hydrogens (tertiary/aromatic N) is 3. The Kier molecular flexibility index (Phi) is 3.88. The fourth-order valence-corrected chi connectivity index (χ4v) is 2.04. The minimum absolute atomic E-state index is 0.296. The summed E-state index contributed by atoms with van der Waals surface area (Å²) in [5, 5.41) is 4.39. The summed E-state index contributed by atoms with van der Waals surface area (Å²) in [4.78, 5) is 16.6. The maximum absolute atomic E-state index is 12.1. The molecule has 0 N–H and O–H groups in total. The number of aryl methyl sites for hydroxylation is 1. The first-order valence-electron chi connectivity index (χ1n) is 6.61. The average molecular weight is 273 g/mol. The van der Waals surface area contributed by atoms with Crippen molar-refractivity contribution in [3.63, 3.8) is 0 Å². The van der Waals surface area contributed by atoms with Crippen LogP contribution in [-0.4, -0.2) is 27.3 Å². The molecule has 0 saturated carbocycles. The number of rotatable bonds is 4. The van der Waals surface area contributed by atoms with Crippen molar-refractivity contribution >= 4 is 5.97 Å². The molecule has 2 aromatic rings. The normalized spacial score (nSPS) is 11.4. The van der Waals surface area contributed by atoms with Crippen molar-refractivity contribution in [2.75, 3.05) is 6.61 Å². The lowest BCUT2D eigenvalue weighted by Crippen LogP contribution is -2.34. The summed E-state index contributed by atoms with van der Waals surface area (Å²) in [6, 6.07) is 9.69. The van der Waals surface area contributed by atoms with Gasteiger partial charge in [-0.3, -0.25) is 9.48 Å². The largest absolute Gasteiger partial charge is 0.465 e. The highest BCUT2D eigenvalue weighted by Gasteiger charge is 2.36. The third-order valence-electron chi connectivity index (χ3n) is 3.14. The first-order chi connectivity index (χ1) is 9.46. The predicted molar refractivity (Wildman–Crippen MR) is 76.1 cm³/mol. The number of carbonyl (C=O) groups is 1. The van der Waals surface area contributed by atoms with E-state index in [0.29, 0.717) is 18.3 Å². The zero-order valence-corrected chi connectivity index (χ0v) is 12.3. The molecule has 1 aromatic carbocycles. The van der Waals surface area contributed by atoms with Gasteiger partial charge in [0.25, 0.3) is 0 Å². The van der Waals surface area contributed by atoms with Gasteiger partial charge in [0.05, 0.1) is 6.61 Å². The minimum Gasteiger partial charge on any atom is -0.465 e. The van der Waals surface area contributed by atoms with Crippen LogP contribution >= 0.6 is 0 Å². The fourth-order valence-electron chi connectivity index (χ4n) is 2.04. The third kappa shape index (κ3) is 2.57. The molecule has 5 heteroatoms. The molecule has 0 spiro atoms. The van der Waals surface area contributed by atoms with Crippen LogP contribution in [0.15, 0.2) is 30.3 Å². The molecule has 0 aliphatic carbocycles. The number of hydrogen-bond acceptors (Lipinski definition) is 4. The molecule has 0 amide bonds. The molecule has 0 atom stereocenters. The molecule has 1 heterocycles. The van der Waals surface area contributed by atoms with Crippen LogP contribution in [0.25, 0.3) is 11.4 Å². The molecule has 106 valence electrons. The maximum Gasteiger partial charge on any atom is 0.319 e. The minimum atomic E-state index is -0.829. The van der Waals surface area contributed by atoms with Gasteiger partial charge < -0.3 is 4.74 Å². The summed E-state index contributed by atoms with van der Waals surface area (Å²) in [5.41, 5.74) is 0.0964. The lowest BCUT2D eigenvalue weighted by molar-refractivity contribution is -0.149. The van der Waals surface area contributed by atoms with E-state index in [1.165, 1.54) is 0 Å². The van der Waals surface area contributed by atoms with Crippen molar-refractivity contribution in [2.45, 2.75) is 26.2 Å². The van der Waals surface area contributed by atoms with Crippen LogP contribution in [-0.2, 0) is 22.0 Å². The quantitative estimate of drug-likeness (QED) is 0.802. The smallest absolute Gasteiger partial charge is 0.319 e. The van der Waals surface area contributed by atoms with E-state index in [1.54, 1.807) is 32.5 Å². The van der Waals surface area contributed by atoms with Crippen LogP contribution < -0.4 is 0 Å². The molecular formula is C15H19N3O2. The zero-order chi connectivity index (χ0) is 14.8. The molecule has 5 nitrogen and oxygen atoms in total. The van der Waals surface area contributed by atoms with Crippen LogP contribution in [0.1, 0.15) is 26.6 Å². The summed E-state index contributed by atoms with van der Waals surface area (Å²) < 4.78 is 6.75. The van der Waals surface area contributed by atoms with Crippen molar-refractivity contribution in [1.29, 1.82) is 0 Å². The summed E-state index contributed by atoms with van der Waals surface area (Å²) in [7, 11) is 1.79. The Morgan fingerprint density at radius 2 is 1.95 bits per heavy atom. The Bertz CT molecular complexity index is 603. The van der Waals surface area contributed by atoms with E-state index < -0.39 is 5.41 Å². The lowest BCUT2D eigenvalue weighted by atomic mass is 9.92. The van der Waals surface area contributed by atoms with Gasteiger partial charge in [0.2, 0.25) is 0 Å². The van der Waals surface area contributed by atoms with E-state index >= 15 is 0 Å². The van der Waals surface area contributed by atoms with Crippen molar-refractivity contribution in [2.24, 2.45) is 7.05 Å². The number of ether oxygens (including phenoxy) is 1. The van der Waals surface area contributed by atoms with Crippen molar-refractivity contribution in [3.8, 4) is 11.4 Å². The second-order valence-electron chi connectivity index (χ2n) is 5.09. The van der Waals surface area contributed by atoms with Gasteiger partial charge in [0.1, 0.15) is 11.2 Å². The molecule has 1 aromatic heterocycles. The van der Waals surface area contributed by atoms with Crippen LogP contribution in [0.3, 0.4) is 0 Å². The molecule has 20 heavy (non-hydrogen) atoms. The van der Waals surface area contributed by atoms with E-state index in [0.717, 1.165) is 5.56 Å². The van der Waals surface area contributed by atoms with Gasteiger partial charge in [-0.05, 0) is 20.8 Å².